The summed E-state index contributed by atoms with van der Waals surface area (Å²) in [5.74, 6) is 0.442. The fraction of sp³-hybridized carbons (Fsp3) is 0.667. The first-order valence-electron chi connectivity index (χ1n) is 6.11. The molecule has 1 aliphatic rings. The highest BCUT2D eigenvalue weighted by Gasteiger charge is 2.42. The minimum atomic E-state index is -0.435. The van der Waals surface area contributed by atoms with Gasteiger partial charge in [-0.05, 0) is 12.5 Å². The largest absolute Gasteiger partial charge is 0.383 e. The van der Waals surface area contributed by atoms with Crippen molar-refractivity contribution in [3.05, 3.63) is 22.7 Å². The first-order chi connectivity index (χ1) is 8.58. The van der Waals surface area contributed by atoms with Crippen molar-refractivity contribution in [2.24, 2.45) is 5.92 Å². The van der Waals surface area contributed by atoms with Crippen LogP contribution in [0.3, 0.4) is 0 Å². The molecule has 1 unspecified atom stereocenters. The fourth-order valence-corrected chi connectivity index (χ4v) is 2.49. The van der Waals surface area contributed by atoms with E-state index in [4.69, 9.17) is 15.2 Å². The predicted molar refractivity (Wildman–Crippen MR) is 67.1 cm³/mol. The molecule has 2 N–H and O–H groups in total. The Hall–Kier alpha value is -1.40. The van der Waals surface area contributed by atoms with Gasteiger partial charge in [-0.3, -0.25) is 4.57 Å². The van der Waals surface area contributed by atoms with E-state index in [0.717, 1.165) is 6.42 Å². The lowest BCUT2D eigenvalue weighted by Crippen LogP contribution is -2.34. The molecule has 6 heteroatoms. The van der Waals surface area contributed by atoms with Crippen molar-refractivity contribution in [3.8, 4) is 0 Å². The first-order valence-corrected chi connectivity index (χ1v) is 6.11. The smallest absolute Gasteiger partial charge is 0.351 e. The van der Waals surface area contributed by atoms with Crippen LogP contribution in [0.1, 0.15) is 26.5 Å². The van der Waals surface area contributed by atoms with E-state index in [-0.39, 0.29) is 23.9 Å². The summed E-state index contributed by atoms with van der Waals surface area (Å²) in [6.07, 6.45) is 1.99. The number of anilines is 1. The lowest BCUT2D eigenvalue weighted by molar-refractivity contribution is -0.0529. The van der Waals surface area contributed by atoms with E-state index in [9.17, 15) is 4.79 Å². The maximum atomic E-state index is 11.8. The van der Waals surface area contributed by atoms with Gasteiger partial charge in [0.05, 0.1) is 6.10 Å². The highest BCUT2D eigenvalue weighted by molar-refractivity contribution is 5.23. The molecule has 6 nitrogen and oxygen atoms in total. The fourth-order valence-electron chi connectivity index (χ4n) is 2.49. The van der Waals surface area contributed by atoms with Gasteiger partial charge in [-0.25, -0.2) is 4.79 Å². The molecule has 0 aromatic carbocycles. The summed E-state index contributed by atoms with van der Waals surface area (Å²) in [7, 11) is 1.63. The maximum absolute atomic E-state index is 11.8. The first kappa shape index (κ1) is 13.0. The Balaban J connectivity index is 2.35. The molecule has 0 amide bonds. The SMILES string of the molecule is CC[C@H]1O[C@@H](n2ccc(N)nc2=O)C(OC)[C@H]1C. The molecular weight excluding hydrogens is 234 g/mol. The van der Waals surface area contributed by atoms with Crippen molar-refractivity contribution in [1.29, 1.82) is 0 Å². The van der Waals surface area contributed by atoms with Crippen LogP contribution in [0.15, 0.2) is 17.1 Å². The van der Waals surface area contributed by atoms with Crippen LogP contribution in [-0.2, 0) is 9.47 Å². The van der Waals surface area contributed by atoms with Crippen LogP contribution < -0.4 is 11.4 Å². The quantitative estimate of drug-likeness (QED) is 0.861. The number of ether oxygens (including phenoxy) is 2. The van der Waals surface area contributed by atoms with E-state index < -0.39 is 11.9 Å². The van der Waals surface area contributed by atoms with Crippen LogP contribution in [0.25, 0.3) is 0 Å². The van der Waals surface area contributed by atoms with E-state index in [0.29, 0.717) is 0 Å². The van der Waals surface area contributed by atoms with E-state index in [2.05, 4.69) is 18.8 Å². The zero-order valence-corrected chi connectivity index (χ0v) is 10.9. The number of rotatable bonds is 3. The average molecular weight is 253 g/mol. The summed E-state index contributed by atoms with van der Waals surface area (Å²) in [5.41, 5.74) is 5.07. The molecule has 100 valence electrons. The molecule has 2 heterocycles. The average Bonchev–Trinajstić information content (AvgIpc) is 2.65. The Kier molecular flexibility index (Phi) is 3.68. The number of nitrogens with zero attached hydrogens (tertiary/aromatic N) is 2. The van der Waals surface area contributed by atoms with Gasteiger partial charge in [-0.15, -0.1) is 0 Å². The van der Waals surface area contributed by atoms with Crippen LogP contribution in [0.2, 0.25) is 0 Å². The molecule has 18 heavy (non-hydrogen) atoms. The Morgan fingerprint density at radius 3 is 2.89 bits per heavy atom. The minimum absolute atomic E-state index is 0.0874. The number of nitrogens with two attached hydrogens (primary N) is 1. The number of aromatic nitrogens is 2. The predicted octanol–water partition coefficient (Wildman–Crippen LogP) is 0.784. The van der Waals surface area contributed by atoms with Crippen LogP contribution >= 0.6 is 0 Å². The molecule has 0 bridgehead atoms. The molecule has 0 saturated carbocycles. The van der Waals surface area contributed by atoms with Crippen LogP contribution in [0.4, 0.5) is 5.82 Å². The van der Waals surface area contributed by atoms with Gasteiger partial charge < -0.3 is 15.2 Å². The second-order valence-electron chi connectivity index (χ2n) is 4.58. The van der Waals surface area contributed by atoms with Crippen molar-refractivity contribution in [2.75, 3.05) is 12.8 Å². The molecule has 4 atom stereocenters. The second-order valence-corrected chi connectivity index (χ2v) is 4.58. The molecular formula is C12H19N3O3. The van der Waals surface area contributed by atoms with Crippen LogP contribution in [0.5, 0.6) is 0 Å². The molecule has 0 spiro atoms. The lowest BCUT2D eigenvalue weighted by atomic mass is 9.98. The molecule has 0 aliphatic carbocycles. The third-order valence-corrected chi connectivity index (χ3v) is 3.50. The summed E-state index contributed by atoms with van der Waals surface area (Å²) in [6.45, 7) is 4.12. The highest BCUT2D eigenvalue weighted by Crippen LogP contribution is 2.36. The van der Waals surface area contributed by atoms with Crippen LogP contribution in [0, 0.1) is 5.92 Å². The third kappa shape index (κ3) is 2.13. The van der Waals surface area contributed by atoms with E-state index in [1.165, 1.54) is 4.57 Å². The Morgan fingerprint density at radius 1 is 1.61 bits per heavy atom. The van der Waals surface area contributed by atoms with Gasteiger partial charge in [0.15, 0.2) is 6.23 Å². The van der Waals surface area contributed by atoms with Crippen molar-refractivity contribution in [3.63, 3.8) is 0 Å². The van der Waals surface area contributed by atoms with Gasteiger partial charge in [0.1, 0.15) is 11.9 Å². The summed E-state index contributed by atoms with van der Waals surface area (Å²) >= 11 is 0. The van der Waals surface area contributed by atoms with E-state index in [1.807, 2.05) is 0 Å². The minimum Gasteiger partial charge on any atom is -0.383 e. The Morgan fingerprint density at radius 2 is 2.33 bits per heavy atom. The Bertz CT molecular complexity index is 474. The van der Waals surface area contributed by atoms with Gasteiger partial charge in [0, 0.05) is 19.2 Å². The molecule has 0 radical (unpaired) electrons. The molecule has 1 aliphatic heterocycles. The number of hydrogen-bond donors (Lipinski definition) is 1. The van der Waals surface area contributed by atoms with Gasteiger partial charge in [-0.1, -0.05) is 13.8 Å². The number of nitrogen functional groups attached to an aromatic ring is 1. The molecule has 1 aromatic heterocycles. The van der Waals surface area contributed by atoms with Gasteiger partial charge in [0.2, 0.25) is 0 Å². The molecule has 1 aromatic rings. The number of methoxy groups -OCH3 is 1. The lowest BCUT2D eigenvalue weighted by Gasteiger charge is -2.20. The standard InChI is InChI=1S/C12H19N3O3/c1-4-8-7(2)10(17-3)11(18-8)15-6-5-9(13)14-12(15)16/h5-8,10-11H,4H2,1-3H3,(H2,13,14,16)/t7-,8+,10?,11+/m0/s1. The molecule has 2 rings (SSSR count). The second kappa shape index (κ2) is 5.07. The van der Waals surface area contributed by atoms with Gasteiger partial charge >= 0.3 is 5.69 Å². The maximum Gasteiger partial charge on any atom is 0.351 e. The summed E-state index contributed by atoms with van der Waals surface area (Å²) in [4.78, 5) is 15.5. The van der Waals surface area contributed by atoms with Gasteiger partial charge in [0.25, 0.3) is 0 Å². The van der Waals surface area contributed by atoms with Crippen LogP contribution in [-0.4, -0.2) is 28.9 Å². The monoisotopic (exact) mass is 253 g/mol. The molecule has 1 saturated heterocycles. The highest BCUT2D eigenvalue weighted by atomic mass is 16.6. The topological polar surface area (TPSA) is 79.4 Å². The van der Waals surface area contributed by atoms with E-state index >= 15 is 0 Å². The zero-order valence-electron chi connectivity index (χ0n) is 10.9. The summed E-state index contributed by atoms with van der Waals surface area (Å²) in [6, 6.07) is 1.58. The van der Waals surface area contributed by atoms with Crippen molar-refractivity contribution < 1.29 is 9.47 Å². The van der Waals surface area contributed by atoms with Crippen molar-refractivity contribution in [2.45, 2.75) is 38.7 Å². The van der Waals surface area contributed by atoms with E-state index in [1.54, 1.807) is 19.4 Å². The summed E-state index contributed by atoms with van der Waals surface area (Å²) < 4.78 is 12.8. The van der Waals surface area contributed by atoms with Crippen molar-refractivity contribution >= 4 is 5.82 Å². The van der Waals surface area contributed by atoms with Gasteiger partial charge in [-0.2, -0.15) is 4.98 Å². The third-order valence-electron chi connectivity index (χ3n) is 3.50. The summed E-state index contributed by atoms with van der Waals surface area (Å²) in [5, 5.41) is 0. The number of hydrogen-bond acceptors (Lipinski definition) is 5. The zero-order chi connectivity index (χ0) is 13.3. The molecule has 1 fully saturated rings. The Labute approximate surface area is 106 Å². The normalized spacial score (nSPS) is 31.7. The van der Waals surface area contributed by atoms with Crippen molar-refractivity contribution in [1.82, 2.24) is 9.55 Å².